The van der Waals surface area contributed by atoms with Crippen molar-refractivity contribution in [3.05, 3.63) is 0 Å². The second-order valence-electron chi connectivity index (χ2n) is 4.53. The number of aliphatic hydroxyl groups is 1. The molecular formula is C12H23N3O7S2. The second-order valence-corrected chi connectivity index (χ2v) is 5.64. The van der Waals surface area contributed by atoms with Crippen molar-refractivity contribution in [2.75, 3.05) is 12.3 Å². The summed E-state index contributed by atoms with van der Waals surface area (Å²) in [6, 6.07) is -2.15. The van der Waals surface area contributed by atoms with E-state index in [4.69, 9.17) is 21.1 Å². The lowest BCUT2D eigenvalue weighted by molar-refractivity contribution is -0.139. The summed E-state index contributed by atoms with van der Waals surface area (Å²) in [7, 11) is 0. The molecule has 0 aliphatic carbocycles. The molecule has 140 valence electrons. The van der Waals surface area contributed by atoms with Gasteiger partial charge >= 0.3 is 11.9 Å². The van der Waals surface area contributed by atoms with E-state index in [1.807, 2.05) is 0 Å². The van der Waals surface area contributed by atoms with Crippen LogP contribution in [0.15, 0.2) is 0 Å². The van der Waals surface area contributed by atoms with Gasteiger partial charge in [-0.3, -0.25) is 19.2 Å². The van der Waals surface area contributed by atoms with Gasteiger partial charge in [0.05, 0.1) is 5.44 Å². The summed E-state index contributed by atoms with van der Waals surface area (Å²) in [5.41, 5.74) is 4.76. The van der Waals surface area contributed by atoms with Crippen molar-refractivity contribution in [2.45, 2.75) is 37.3 Å². The Morgan fingerprint density at radius 2 is 1.71 bits per heavy atom. The quantitative estimate of drug-likeness (QED) is 0.167. The summed E-state index contributed by atoms with van der Waals surface area (Å²) in [5.74, 6) is -3.70. The van der Waals surface area contributed by atoms with Crippen molar-refractivity contribution in [1.29, 1.82) is 0 Å². The maximum absolute atomic E-state index is 11.5. The molecule has 10 nitrogen and oxygen atoms in total. The predicted molar refractivity (Wildman–Crippen MR) is 91.9 cm³/mol. The fourth-order valence-corrected chi connectivity index (χ4v) is 1.41. The number of hydrogen-bond acceptors (Lipinski definition) is 8. The molecule has 0 aliphatic heterocycles. The first-order chi connectivity index (χ1) is 11.0. The molecule has 0 spiro atoms. The van der Waals surface area contributed by atoms with Crippen molar-refractivity contribution in [3.63, 3.8) is 0 Å². The Balaban J connectivity index is 0. The molecular weight excluding hydrogens is 362 g/mol. The maximum atomic E-state index is 11.5. The Kier molecular flexibility index (Phi) is 14.3. The average molecular weight is 385 g/mol. The van der Waals surface area contributed by atoms with Crippen LogP contribution in [0, 0.1) is 0 Å². The number of carboxylic acids is 2. The van der Waals surface area contributed by atoms with Crippen LogP contribution in [0.25, 0.3) is 0 Å². The average Bonchev–Trinajstić information content (AvgIpc) is 2.46. The number of carbonyl (C=O) groups excluding carboxylic acids is 2. The molecule has 24 heavy (non-hydrogen) atoms. The Bertz CT molecular complexity index is 432. The smallest absolute Gasteiger partial charge is 0.322 e. The number of hydrogen-bond donors (Lipinski definition) is 8. The van der Waals surface area contributed by atoms with Gasteiger partial charge in [0.15, 0.2) is 0 Å². The van der Waals surface area contributed by atoms with Crippen LogP contribution in [0.1, 0.15) is 19.8 Å². The molecule has 3 atom stereocenters. The van der Waals surface area contributed by atoms with Crippen molar-refractivity contribution in [3.8, 4) is 0 Å². The minimum absolute atomic E-state index is 0.0256. The molecule has 0 aliphatic rings. The highest BCUT2D eigenvalue weighted by Crippen LogP contribution is 1.97. The van der Waals surface area contributed by atoms with E-state index in [1.165, 1.54) is 0 Å². The maximum Gasteiger partial charge on any atom is 0.322 e. The Labute approximate surface area is 150 Å². The minimum Gasteiger partial charge on any atom is -0.480 e. The van der Waals surface area contributed by atoms with Crippen LogP contribution >= 0.6 is 25.3 Å². The van der Waals surface area contributed by atoms with Crippen LogP contribution in [0.5, 0.6) is 0 Å². The molecule has 0 fully saturated rings. The molecule has 0 saturated heterocycles. The zero-order valence-electron chi connectivity index (χ0n) is 13.0. The Morgan fingerprint density at radius 3 is 2.08 bits per heavy atom. The molecule has 0 aromatic heterocycles. The number of nitrogens with one attached hydrogen (secondary N) is 2. The minimum atomic E-state index is -1.22. The van der Waals surface area contributed by atoms with Crippen LogP contribution in [0.2, 0.25) is 0 Å². The van der Waals surface area contributed by atoms with E-state index in [9.17, 15) is 19.2 Å². The first kappa shape index (κ1) is 24.7. The number of aliphatic carboxylic acids is 2. The topological polar surface area (TPSA) is 179 Å². The fraction of sp³-hybridized carbons (Fsp3) is 0.667. The Morgan fingerprint density at radius 1 is 1.21 bits per heavy atom. The lowest BCUT2D eigenvalue weighted by Crippen LogP contribution is -2.49. The van der Waals surface area contributed by atoms with Crippen LogP contribution in [-0.4, -0.2) is 68.9 Å². The van der Waals surface area contributed by atoms with Gasteiger partial charge in [-0.05, 0) is 13.3 Å². The predicted octanol–water partition coefficient (Wildman–Crippen LogP) is -1.95. The monoisotopic (exact) mass is 385 g/mol. The number of thiol groups is 2. The van der Waals surface area contributed by atoms with Gasteiger partial charge in [-0.1, -0.05) is 0 Å². The van der Waals surface area contributed by atoms with Gasteiger partial charge in [0, 0.05) is 12.2 Å². The summed E-state index contributed by atoms with van der Waals surface area (Å²) < 4.78 is 0. The van der Waals surface area contributed by atoms with Gasteiger partial charge in [0.2, 0.25) is 11.8 Å². The molecule has 0 radical (unpaired) electrons. The molecule has 0 bridgehead atoms. The number of carboxylic acid groups (broad SMARTS) is 2. The highest BCUT2D eigenvalue weighted by atomic mass is 32.1. The largest absolute Gasteiger partial charge is 0.480 e. The SMILES string of the molecule is CC(O)S.N[C@@H](CCC(=O)N[C@@H](CS)C(=O)NCC(=O)O)C(=O)O. The number of aliphatic hydroxyl groups excluding tert-OH is 1. The zero-order chi connectivity index (χ0) is 19.3. The van der Waals surface area contributed by atoms with Crippen LogP contribution < -0.4 is 16.4 Å². The zero-order valence-corrected chi connectivity index (χ0v) is 14.8. The number of rotatable bonds is 9. The summed E-state index contributed by atoms with van der Waals surface area (Å²) in [6.07, 6.45) is -0.235. The number of amides is 2. The highest BCUT2D eigenvalue weighted by Gasteiger charge is 2.20. The van der Waals surface area contributed by atoms with Gasteiger partial charge in [-0.25, -0.2) is 0 Å². The molecule has 2 amide bonds. The fourth-order valence-electron chi connectivity index (χ4n) is 1.16. The normalized spacial score (nSPS) is 13.5. The van der Waals surface area contributed by atoms with Crippen LogP contribution in [-0.2, 0) is 19.2 Å². The first-order valence-corrected chi connectivity index (χ1v) is 7.90. The lowest BCUT2D eigenvalue weighted by Gasteiger charge is -2.16. The van der Waals surface area contributed by atoms with Crippen molar-refractivity contribution in [2.24, 2.45) is 5.73 Å². The molecule has 12 heteroatoms. The molecule has 1 unspecified atom stereocenters. The van der Waals surface area contributed by atoms with E-state index in [0.717, 1.165) is 0 Å². The standard InChI is InChI=1S/C10H17N3O6S.C2H6OS/c11-5(10(18)19)1-2-7(14)13-6(4-20)9(17)12-3-8(15)16;1-2(3)4/h5-6,20H,1-4,11H2,(H,12,17)(H,13,14)(H,15,16)(H,18,19);2-4H,1H3/t5-,6-;/m0./s1. The summed E-state index contributed by atoms with van der Waals surface area (Å²) in [6.45, 7) is 1.02. The van der Waals surface area contributed by atoms with E-state index in [1.54, 1.807) is 6.92 Å². The molecule has 0 rings (SSSR count). The van der Waals surface area contributed by atoms with E-state index in [0.29, 0.717) is 0 Å². The van der Waals surface area contributed by atoms with E-state index in [-0.39, 0.29) is 18.6 Å². The third-order valence-corrected chi connectivity index (χ3v) is 2.61. The number of carbonyl (C=O) groups is 4. The van der Waals surface area contributed by atoms with Gasteiger partial charge in [-0.15, -0.1) is 12.6 Å². The molecule has 7 N–H and O–H groups in total. The second kappa shape index (κ2) is 13.9. The van der Waals surface area contributed by atoms with Gasteiger partial charge in [0.1, 0.15) is 18.6 Å². The molecule has 0 saturated carbocycles. The van der Waals surface area contributed by atoms with E-state index in [2.05, 4.69) is 35.9 Å². The highest BCUT2D eigenvalue weighted by molar-refractivity contribution is 7.80. The molecule has 0 heterocycles. The molecule has 0 aromatic carbocycles. The van der Waals surface area contributed by atoms with Crippen molar-refractivity contribution >= 4 is 49.0 Å². The summed E-state index contributed by atoms with van der Waals surface area (Å²) in [4.78, 5) is 43.7. The van der Waals surface area contributed by atoms with Crippen molar-refractivity contribution in [1.82, 2.24) is 10.6 Å². The van der Waals surface area contributed by atoms with Gasteiger partial charge in [-0.2, -0.15) is 12.6 Å². The third kappa shape index (κ3) is 15.4. The van der Waals surface area contributed by atoms with Gasteiger partial charge in [0.25, 0.3) is 0 Å². The van der Waals surface area contributed by atoms with Gasteiger partial charge < -0.3 is 31.7 Å². The molecule has 0 aromatic rings. The van der Waals surface area contributed by atoms with E-state index < -0.39 is 47.8 Å². The third-order valence-electron chi connectivity index (χ3n) is 2.25. The van der Waals surface area contributed by atoms with Crippen LogP contribution in [0.3, 0.4) is 0 Å². The Hall–Kier alpha value is -1.50. The summed E-state index contributed by atoms with van der Waals surface area (Å²) >= 11 is 7.40. The number of nitrogens with two attached hydrogens (primary N) is 1. The van der Waals surface area contributed by atoms with Crippen molar-refractivity contribution < 1.29 is 34.5 Å². The van der Waals surface area contributed by atoms with Crippen LogP contribution in [0.4, 0.5) is 0 Å². The first-order valence-electron chi connectivity index (χ1n) is 6.75. The summed E-state index contributed by atoms with van der Waals surface area (Å²) in [5, 5.41) is 29.3. The lowest BCUT2D eigenvalue weighted by atomic mass is 10.1. The van der Waals surface area contributed by atoms with E-state index >= 15 is 0 Å².